The minimum Gasteiger partial charge on any atom is -0.335 e. The molecule has 0 fully saturated rings. The number of likely N-dealkylation sites (N-methyl/N-ethyl adjacent to an activating group) is 2. The van der Waals surface area contributed by atoms with Crippen LogP contribution >= 0.6 is 0 Å². The molecule has 0 aliphatic heterocycles. The lowest BCUT2D eigenvalue weighted by molar-refractivity contribution is -0.137. The van der Waals surface area contributed by atoms with Gasteiger partial charge in [0.1, 0.15) is 0 Å². The monoisotopic (exact) mass is 249 g/mol. The Morgan fingerprint density at radius 1 is 1.44 bits per heavy atom. The Kier molecular flexibility index (Phi) is 4.84. The van der Waals surface area contributed by atoms with Crippen LogP contribution in [-0.4, -0.2) is 34.9 Å². The minimum atomic E-state index is -0.542. The van der Waals surface area contributed by atoms with Crippen LogP contribution < -0.4 is 5.32 Å². The van der Waals surface area contributed by atoms with Crippen LogP contribution in [-0.2, 0) is 11.3 Å². The van der Waals surface area contributed by atoms with Crippen molar-refractivity contribution in [2.45, 2.75) is 39.8 Å². The lowest BCUT2D eigenvalue weighted by atomic mass is 10.0. The SMILES string of the molecule is CCN(Cc1cccc(C)n1)C(=O)C(C)(C)NC. The molecule has 1 amide bonds. The van der Waals surface area contributed by atoms with Gasteiger partial charge in [-0.15, -0.1) is 0 Å². The number of hydrogen-bond acceptors (Lipinski definition) is 3. The molecule has 0 aliphatic carbocycles. The second-order valence-corrected chi connectivity index (χ2v) is 4.96. The van der Waals surface area contributed by atoms with Gasteiger partial charge in [-0.25, -0.2) is 0 Å². The van der Waals surface area contributed by atoms with Crippen molar-refractivity contribution in [1.29, 1.82) is 0 Å². The second-order valence-electron chi connectivity index (χ2n) is 4.96. The van der Waals surface area contributed by atoms with Gasteiger partial charge >= 0.3 is 0 Å². The van der Waals surface area contributed by atoms with E-state index in [4.69, 9.17) is 0 Å². The van der Waals surface area contributed by atoms with Crippen molar-refractivity contribution in [3.05, 3.63) is 29.6 Å². The third kappa shape index (κ3) is 3.53. The van der Waals surface area contributed by atoms with Gasteiger partial charge in [0.2, 0.25) is 5.91 Å². The molecule has 1 aromatic heterocycles. The summed E-state index contributed by atoms with van der Waals surface area (Å²) in [6.45, 7) is 8.96. The zero-order valence-electron chi connectivity index (χ0n) is 11.9. The molecule has 0 saturated heterocycles. The maximum Gasteiger partial charge on any atom is 0.242 e. The largest absolute Gasteiger partial charge is 0.335 e. The predicted octanol–water partition coefficient (Wildman–Crippen LogP) is 1.74. The number of aromatic nitrogens is 1. The Balaban J connectivity index is 2.82. The standard InChI is InChI=1S/C14H23N3O/c1-6-17(13(18)14(3,4)15-5)10-12-9-7-8-11(2)16-12/h7-9,15H,6,10H2,1-5H3. The number of nitrogens with one attached hydrogen (secondary N) is 1. The fraction of sp³-hybridized carbons (Fsp3) is 0.571. The fourth-order valence-electron chi connectivity index (χ4n) is 1.71. The summed E-state index contributed by atoms with van der Waals surface area (Å²) in [6.07, 6.45) is 0. The molecule has 0 radical (unpaired) electrons. The van der Waals surface area contributed by atoms with E-state index in [-0.39, 0.29) is 5.91 Å². The predicted molar refractivity (Wildman–Crippen MR) is 73.2 cm³/mol. The molecular formula is C14H23N3O. The number of carbonyl (C=O) groups excluding carboxylic acids is 1. The Morgan fingerprint density at radius 3 is 2.61 bits per heavy atom. The second kappa shape index (κ2) is 5.96. The van der Waals surface area contributed by atoms with Crippen molar-refractivity contribution in [1.82, 2.24) is 15.2 Å². The normalized spacial score (nSPS) is 11.4. The smallest absolute Gasteiger partial charge is 0.242 e. The van der Waals surface area contributed by atoms with Gasteiger partial charge in [0.15, 0.2) is 0 Å². The first kappa shape index (κ1) is 14.6. The summed E-state index contributed by atoms with van der Waals surface area (Å²) < 4.78 is 0. The van der Waals surface area contributed by atoms with Crippen LogP contribution in [0, 0.1) is 6.92 Å². The Labute approximate surface area is 109 Å². The summed E-state index contributed by atoms with van der Waals surface area (Å²) in [7, 11) is 1.80. The van der Waals surface area contributed by atoms with E-state index in [1.165, 1.54) is 0 Å². The molecule has 0 saturated carbocycles. The lowest BCUT2D eigenvalue weighted by Gasteiger charge is -2.30. The van der Waals surface area contributed by atoms with Crippen molar-refractivity contribution in [3.63, 3.8) is 0 Å². The summed E-state index contributed by atoms with van der Waals surface area (Å²) in [5, 5.41) is 3.04. The summed E-state index contributed by atoms with van der Waals surface area (Å²) in [6, 6.07) is 5.88. The third-order valence-corrected chi connectivity index (χ3v) is 3.13. The van der Waals surface area contributed by atoms with Crippen LogP contribution in [0.3, 0.4) is 0 Å². The van der Waals surface area contributed by atoms with Crippen LogP contribution in [0.4, 0.5) is 0 Å². The van der Waals surface area contributed by atoms with Crippen molar-refractivity contribution in [2.75, 3.05) is 13.6 Å². The summed E-state index contributed by atoms with van der Waals surface area (Å²) in [4.78, 5) is 18.6. The van der Waals surface area contributed by atoms with Crippen molar-refractivity contribution >= 4 is 5.91 Å². The van der Waals surface area contributed by atoms with Crippen LogP contribution in [0.5, 0.6) is 0 Å². The summed E-state index contributed by atoms with van der Waals surface area (Å²) >= 11 is 0. The van der Waals surface area contributed by atoms with Gasteiger partial charge in [-0.1, -0.05) is 6.07 Å². The number of hydrogen-bond donors (Lipinski definition) is 1. The average Bonchev–Trinajstić information content (AvgIpc) is 2.35. The molecule has 1 heterocycles. The first-order valence-corrected chi connectivity index (χ1v) is 6.31. The van der Waals surface area contributed by atoms with Gasteiger partial charge in [-0.3, -0.25) is 9.78 Å². The molecule has 1 aromatic rings. The molecule has 4 heteroatoms. The Morgan fingerprint density at radius 2 is 2.11 bits per heavy atom. The number of carbonyl (C=O) groups is 1. The van der Waals surface area contributed by atoms with Crippen LogP contribution in [0.2, 0.25) is 0 Å². The van der Waals surface area contributed by atoms with E-state index in [2.05, 4.69) is 10.3 Å². The summed E-state index contributed by atoms with van der Waals surface area (Å²) in [5.41, 5.74) is 1.36. The quantitative estimate of drug-likeness (QED) is 0.864. The van der Waals surface area contributed by atoms with E-state index in [9.17, 15) is 4.79 Å². The maximum atomic E-state index is 12.4. The summed E-state index contributed by atoms with van der Waals surface area (Å²) in [5.74, 6) is 0.0933. The molecule has 0 bridgehead atoms. The first-order valence-electron chi connectivity index (χ1n) is 6.31. The van der Waals surface area contributed by atoms with Crippen molar-refractivity contribution in [2.24, 2.45) is 0 Å². The van der Waals surface area contributed by atoms with Gasteiger partial charge in [0.05, 0.1) is 17.8 Å². The number of aryl methyl sites for hydroxylation is 1. The van der Waals surface area contributed by atoms with Gasteiger partial charge < -0.3 is 10.2 Å². The number of pyridine rings is 1. The van der Waals surface area contributed by atoms with E-state index >= 15 is 0 Å². The topological polar surface area (TPSA) is 45.2 Å². The van der Waals surface area contributed by atoms with Gasteiger partial charge in [-0.05, 0) is 46.9 Å². The average molecular weight is 249 g/mol. The van der Waals surface area contributed by atoms with Gasteiger partial charge in [0.25, 0.3) is 0 Å². The molecule has 1 N–H and O–H groups in total. The van der Waals surface area contributed by atoms with Crippen molar-refractivity contribution in [3.8, 4) is 0 Å². The molecule has 4 nitrogen and oxygen atoms in total. The molecule has 0 spiro atoms. The van der Waals surface area contributed by atoms with Crippen molar-refractivity contribution < 1.29 is 4.79 Å². The molecule has 0 atom stereocenters. The first-order chi connectivity index (χ1) is 8.40. The van der Waals surface area contributed by atoms with E-state index in [0.717, 1.165) is 11.4 Å². The highest BCUT2D eigenvalue weighted by Gasteiger charge is 2.29. The fourth-order valence-corrected chi connectivity index (χ4v) is 1.71. The molecule has 100 valence electrons. The van der Waals surface area contributed by atoms with E-state index in [1.54, 1.807) is 7.05 Å². The van der Waals surface area contributed by atoms with Crippen LogP contribution in [0.25, 0.3) is 0 Å². The third-order valence-electron chi connectivity index (χ3n) is 3.13. The molecule has 0 aromatic carbocycles. The van der Waals surface area contributed by atoms with E-state index in [0.29, 0.717) is 13.1 Å². The highest BCUT2D eigenvalue weighted by atomic mass is 16.2. The number of amides is 1. The van der Waals surface area contributed by atoms with Gasteiger partial charge in [-0.2, -0.15) is 0 Å². The van der Waals surface area contributed by atoms with E-state index in [1.807, 2.05) is 50.8 Å². The van der Waals surface area contributed by atoms with E-state index < -0.39 is 5.54 Å². The zero-order valence-corrected chi connectivity index (χ0v) is 11.9. The van der Waals surface area contributed by atoms with Gasteiger partial charge in [0, 0.05) is 12.2 Å². The Bertz CT molecular complexity index is 415. The highest BCUT2D eigenvalue weighted by molar-refractivity contribution is 5.85. The number of nitrogens with zero attached hydrogens (tertiary/aromatic N) is 2. The molecular weight excluding hydrogens is 226 g/mol. The highest BCUT2D eigenvalue weighted by Crippen LogP contribution is 2.11. The van der Waals surface area contributed by atoms with Crippen LogP contribution in [0.15, 0.2) is 18.2 Å². The Hall–Kier alpha value is -1.42. The lowest BCUT2D eigenvalue weighted by Crippen LogP contribution is -2.52. The van der Waals surface area contributed by atoms with Crippen LogP contribution in [0.1, 0.15) is 32.2 Å². The minimum absolute atomic E-state index is 0.0933. The molecule has 1 rings (SSSR count). The molecule has 18 heavy (non-hydrogen) atoms. The zero-order chi connectivity index (χ0) is 13.8. The maximum absolute atomic E-state index is 12.4. The number of rotatable bonds is 5. The molecule has 0 aliphatic rings. The molecule has 0 unspecified atom stereocenters.